The molecule has 0 fully saturated rings. The number of carbonyl (C=O) groups excluding carboxylic acids is 1. The molecule has 0 radical (unpaired) electrons. The van der Waals surface area contributed by atoms with E-state index in [2.05, 4.69) is 10.3 Å². The predicted molar refractivity (Wildman–Crippen MR) is 91.9 cm³/mol. The quantitative estimate of drug-likeness (QED) is 0.757. The number of amides is 1. The summed E-state index contributed by atoms with van der Waals surface area (Å²) < 4.78 is 5.42. The van der Waals surface area contributed by atoms with Crippen LogP contribution in [0, 0.1) is 13.8 Å². The zero-order chi connectivity index (χ0) is 16.4. The Morgan fingerprint density at radius 3 is 2.83 bits per heavy atom. The van der Waals surface area contributed by atoms with Crippen molar-refractivity contribution in [3.63, 3.8) is 0 Å². The van der Waals surface area contributed by atoms with Crippen LogP contribution in [0.4, 0.5) is 5.69 Å². The summed E-state index contributed by atoms with van der Waals surface area (Å²) in [5.41, 5.74) is 4.27. The third-order valence-corrected chi connectivity index (χ3v) is 4.06. The average Bonchev–Trinajstić information content (AvgIpc) is 2.88. The van der Waals surface area contributed by atoms with Crippen LogP contribution >= 0.6 is 11.6 Å². The number of aromatic nitrogens is 1. The van der Waals surface area contributed by atoms with Crippen LogP contribution in [0.1, 0.15) is 23.4 Å². The molecular formula is C18H17ClN2O2. The number of hydrogen-bond donors (Lipinski definition) is 1. The highest BCUT2D eigenvalue weighted by Crippen LogP contribution is 2.20. The fourth-order valence-corrected chi connectivity index (χ4v) is 2.60. The van der Waals surface area contributed by atoms with Gasteiger partial charge in [0.05, 0.1) is 0 Å². The number of rotatable bonds is 4. The van der Waals surface area contributed by atoms with E-state index in [1.54, 1.807) is 6.92 Å². The third kappa shape index (κ3) is 3.71. The van der Waals surface area contributed by atoms with Gasteiger partial charge in [0.2, 0.25) is 5.91 Å². The van der Waals surface area contributed by atoms with Crippen LogP contribution < -0.4 is 5.32 Å². The second-order valence-electron chi connectivity index (χ2n) is 5.55. The van der Waals surface area contributed by atoms with E-state index in [1.807, 2.05) is 43.3 Å². The standard InChI is InChI=1S/C18H17ClN2O2/c1-11-3-4-13(9-15(11)19)5-8-18(22)21-14-6-7-17-16(10-14)20-12(2)23-17/h3-4,6-7,9-10H,5,8H2,1-2H3,(H,21,22). The average molecular weight is 329 g/mol. The lowest BCUT2D eigenvalue weighted by atomic mass is 10.1. The number of aryl methyl sites for hydroxylation is 3. The van der Waals surface area contributed by atoms with Gasteiger partial charge in [0.1, 0.15) is 5.52 Å². The molecule has 118 valence electrons. The van der Waals surface area contributed by atoms with Gasteiger partial charge in [0.25, 0.3) is 0 Å². The van der Waals surface area contributed by atoms with Gasteiger partial charge < -0.3 is 9.73 Å². The Morgan fingerprint density at radius 2 is 2.04 bits per heavy atom. The second-order valence-corrected chi connectivity index (χ2v) is 5.95. The molecule has 0 aliphatic heterocycles. The highest BCUT2D eigenvalue weighted by molar-refractivity contribution is 6.31. The summed E-state index contributed by atoms with van der Waals surface area (Å²) in [4.78, 5) is 16.4. The van der Waals surface area contributed by atoms with Crippen molar-refractivity contribution in [3.8, 4) is 0 Å². The van der Waals surface area contributed by atoms with E-state index in [4.69, 9.17) is 16.0 Å². The van der Waals surface area contributed by atoms with E-state index in [-0.39, 0.29) is 5.91 Å². The first-order valence-corrected chi connectivity index (χ1v) is 7.81. The van der Waals surface area contributed by atoms with E-state index in [9.17, 15) is 4.79 Å². The molecule has 0 spiro atoms. The molecule has 23 heavy (non-hydrogen) atoms. The lowest BCUT2D eigenvalue weighted by Crippen LogP contribution is -2.12. The molecular weight excluding hydrogens is 312 g/mol. The topological polar surface area (TPSA) is 55.1 Å². The van der Waals surface area contributed by atoms with Crippen LogP contribution in [0.3, 0.4) is 0 Å². The highest BCUT2D eigenvalue weighted by atomic mass is 35.5. The first-order valence-electron chi connectivity index (χ1n) is 7.43. The largest absolute Gasteiger partial charge is 0.441 e. The van der Waals surface area contributed by atoms with Crippen LogP contribution in [-0.4, -0.2) is 10.9 Å². The SMILES string of the molecule is Cc1nc2cc(NC(=O)CCc3ccc(C)c(Cl)c3)ccc2o1. The molecule has 0 aliphatic rings. The molecule has 0 atom stereocenters. The van der Waals surface area contributed by atoms with E-state index in [1.165, 1.54) is 0 Å². The number of nitrogens with zero attached hydrogens (tertiary/aromatic N) is 1. The number of oxazole rings is 1. The van der Waals surface area contributed by atoms with Crippen LogP contribution in [0.5, 0.6) is 0 Å². The highest BCUT2D eigenvalue weighted by Gasteiger charge is 2.07. The molecule has 0 bridgehead atoms. The molecule has 0 saturated heterocycles. The maximum atomic E-state index is 12.1. The van der Waals surface area contributed by atoms with Crippen LogP contribution in [0.2, 0.25) is 5.02 Å². The van der Waals surface area contributed by atoms with E-state index in [0.29, 0.717) is 18.7 Å². The van der Waals surface area contributed by atoms with Gasteiger partial charge in [-0.05, 0) is 48.7 Å². The number of fused-ring (bicyclic) bond motifs is 1. The van der Waals surface area contributed by atoms with Gasteiger partial charge in [-0.25, -0.2) is 4.98 Å². The molecule has 0 unspecified atom stereocenters. The van der Waals surface area contributed by atoms with Crippen molar-refractivity contribution in [2.75, 3.05) is 5.32 Å². The minimum absolute atomic E-state index is 0.0405. The molecule has 4 nitrogen and oxygen atoms in total. The Hall–Kier alpha value is -2.33. The van der Waals surface area contributed by atoms with Crippen molar-refractivity contribution in [3.05, 3.63) is 58.4 Å². The van der Waals surface area contributed by atoms with Crippen LogP contribution in [0.25, 0.3) is 11.1 Å². The fraction of sp³-hybridized carbons (Fsp3) is 0.222. The Labute approximate surface area is 139 Å². The minimum atomic E-state index is -0.0405. The summed E-state index contributed by atoms with van der Waals surface area (Å²) >= 11 is 6.10. The number of carbonyl (C=O) groups is 1. The number of halogens is 1. The molecule has 3 rings (SSSR count). The van der Waals surface area contributed by atoms with Gasteiger partial charge >= 0.3 is 0 Å². The first kappa shape index (κ1) is 15.6. The number of hydrogen-bond acceptors (Lipinski definition) is 3. The van der Waals surface area contributed by atoms with Crippen molar-refractivity contribution in [2.45, 2.75) is 26.7 Å². The molecule has 0 saturated carbocycles. The molecule has 0 aliphatic carbocycles. The lowest BCUT2D eigenvalue weighted by Gasteiger charge is -2.06. The van der Waals surface area contributed by atoms with E-state index in [0.717, 1.165) is 32.9 Å². The van der Waals surface area contributed by atoms with Gasteiger partial charge in [-0.1, -0.05) is 23.7 Å². The normalized spacial score (nSPS) is 10.9. The lowest BCUT2D eigenvalue weighted by molar-refractivity contribution is -0.116. The van der Waals surface area contributed by atoms with Gasteiger partial charge in [-0.3, -0.25) is 4.79 Å². The number of nitrogens with one attached hydrogen (secondary N) is 1. The maximum Gasteiger partial charge on any atom is 0.224 e. The maximum absolute atomic E-state index is 12.1. The summed E-state index contributed by atoms with van der Waals surface area (Å²) in [6.45, 7) is 3.76. The summed E-state index contributed by atoms with van der Waals surface area (Å²) in [7, 11) is 0. The van der Waals surface area contributed by atoms with E-state index >= 15 is 0 Å². The predicted octanol–water partition coefficient (Wildman–Crippen LogP) is 4.67. The van der Waals surface area contributed by atoms with Crippen molar-refractivity contribution >= 4 is 34.3 Å². The minimum Gasteiger partial charge on any atom is -0.441 e. The Balaban J connectivity index is 1.62. The smallest absolute Gasteiger partial charge is 0.224 e. The van der Waals surface area contributed by atoms with Crippen molar-refractivity contribution in [2.24, 2.45) is 0 Å². The second kappa shape index (κ2) is 6.42. The summed E-state index contributed by atoms with van der Waals surface area (Å²) in [6, 6.07) is 11.3. The number of benzene rings is 2. The van der Waals surface area contributed by atoms with Gasteiger partial charge in [-0.15, -0.1) is 0 Å². The first-order chi connectivity index (χ1) is 11.0. The summed E-state index contributed by atoms with van der Waals surface area (Å²) in [5.74, 6) is 0.570. The molecule has 2 aromatic carbocycles. The fourth-order valence-electron chi connectivity index (χ4n) is 2.39. The van der Waals surface area contributed by atoms with Gasteiger partial charge in [0.15, 0.2) is 11.5 Å². The monoisotopic (exact) mass is 328 g/mol. The molecule has 5 heteroatoms. The van der Waals surface area contributed by atoms with Gasteiger partial charge in [0, 0.05) is 24.1 Å². The molecule has 1 heterocycles. The molecule has 3 aromatic rings. The summed E-state index contributed by atoms with van der Waals surface area (Å²) in [6.07, 6.45) is 1.05. The zero-order valence-electron chi connectivity index (χ0n) is 13.0. The zero-order valence-corrected chi connectivity index (χ0v) is 13.8. The van der Waals surface area contributed by atoms with Gasteiger partial charge in [-0.2, -0.15) is 0 Å². The third-order valence-electron chi connectivity index (χ3n) is 3.66. The molecule has 1 aromatic heterocycles. The van der Waals surface area contributed by atoms with Crippen molar-refractivity contribution in [1.82, 2.24) is 4.98 Å². The van der Waals surface area contributed by atoms with E-state index < -0.39 is 0 Å². The Morgan fingerprint density at radius 1 is 1.22 bits per heavy atom. The Bertz CT molecular complexity index is 871. The number of anilines is 1. The molecule has 1 amide bonds. The Kier molecular flexibility index (Phi) is 4.35. The summed E-state index contributed by atoms with van der Waals surface area (Å²) in [5, 5.41) is 3.62. The van der Waals surface area contributed by atoms with Crippen molar-refractivity contribution in [1.29, 1.82) is 0 Å². The van der Waals surface area contributed by atoms with Crippen LogP contribution in [-0.2, 0) is 11.2 Å². The molecule has 1 N–H and O–H groups in total. The van der Waals surface area contributed by atoms with Crippen LogP contribution in [0.15, 0.2) is 40.8 Å². The van der Waals surface area contributed by atoms with Crippen molar-refractivity contribution < 1.29 is 9.21 Å².